The van der Waals surface area contributed by atoms with E-state index in [-0.39, 0.29) is 24.6 Å². The van der Waals surface area contributed by atoms with Gasteiger partial charge in [-0.25, -0.2) is 4.79 Å². The highest BCUT2D eigenvalue weighted by Crippen LogP contribution is 2.20. The largest absolute Gasteiger partial charge is 0.461 e. The molecule has 0 spiro atoms. The Morgan fingerprint density at radius 2 is 2.21 bits per heavy atom. The van der Waals surface area contributed by atoms with E-state index in [0.29, 0.717) is 5.82 Å². The van der Waals surface area contributed by atoms with Crippen molar-refractivity contribution in [1.29, 1.82) is 0 Å². The molecule has 0 unspecified atom stereocenters. The van der Waals surface area contributed by atoms with Gasteiger partial charge in [0.15, 0.2) is 23.8 Å². The van der Waals surface area contributed by atoms with Crippen LogP contribution in [0.2, 0.25) is 0 Å². The minimum absolute atomic E-state index is 0.0489. The van der Waals surface area contributed by atoms with Crippen molar-refractivity contribution < 1.29 is 13.4 Å². The summed E-state index contributed by atoms with van der Waals surface area (Å²) in [5.41, 5.74) is 0.846. The van der Waals surface area contributed by atoms with E-state index in [1.54, 1.807) is 6.92 Å². The molecule has 5 nitrogen and oxygen atoms in total. The SMILES string of the molecule is CCOC(=O)c1cc(Nc2ccccc2)nn1SF. The predicted octanol–water partition coefficient (Wildman–Crippen LogP) is 3.18. The fourth-order valence-electron chi connectivity index (χ4n) is 1.49. The highest BCUT2D eigenvalue weighted by Gasteiger charge is 2.17. The van der Waals surface area contributed by atoms with Crippen molar-refractivity contribution in [2.24, 2.45) is 0 Å². The Hall–Kier alpha value is -2.02. The van der Waals surface area contributed by atoms with Crippen LogP contribution in [0.25, 0.3) is 0 Å². The van der Waals surface area contributed by atoms with Gasteiger partial charge in [0.25, 0.3) is 0 Å². The number of benzene rings is 1. The van der Waals surface area contributed by atoms with Crippen molar-refractivity contribution in [2.75, 3.05) is 11.9 Å². The van der Waals surface area contributed by atoms with E-state index in [9.17, 15) is 8.68 Å². The second-order valence-corrected chi connectivity index (χ2v) is 4.05. The molecule has 0 aliphatic carbocycles. The van der Waals surface area contributed by atoms with E-state index >= 15 is 0 Å². The summed E-state index contributed by atoms with van der Waals surface area (Å²) in [5.74, 6) is -0.235. The van der Waals surface area contributed by atoms with Gasteiger partial charge in [-0.3, -0.25) is 0 Å². The van der Waals surface area contributed by atoms with Gasteiger partial charge in [-0.2, -0.15) is 4.09 Å². The lowest BCUT2D eigenvalue weighted by Gasteiger charge is -2.00. The first-order valence-corrected chi connectivity index (χ1v) is 6.30. The molecule has 2 aromatic rings. The first-order chi connectivity index (χ1) is 9.24. The van der Waals surface area contributed by atoms with Crippen LogP contribution in [0.15, 0.2) is 36.4 Å². The highest BCUT2D eigenvalue weighted by molar-refractivity contribution is 7.92. The van der Waals surface area contributed by atoms with Crippen LogP contribution < -0.4 is 5.32 Å². The lowest BCUT2D eigenvalue weighted by atomic mass is 10.3. The molecule has 1 aromatic carbocycles. The predicted molar refractivity (Wildman–Crippen MR) is 72.0 cm³/mol. The van der Waals surface area contributed by atoms with E-state index in [1.807, 2.05) is 30.3 Å². The van der Waals surface area contributed by atoms with Gasteiger partial charge in [-0.05, 0) is 19.1 Å². The molecule has 1 heterocycles. The number of halogens is 1. The average Bonchev–Trinajstić information content (AvgIpc) is 2.83. The van der Waals surface area contributed by atoms with Crippen LogP contribution in [-0.4, -0.2) is 21.8 Å². The third-order valence-corrected chi connectivity index (χ3v) is 2.68. The van der Waals surface area contributed by atoms with Gasteiger partial charge in [-0.1, -0.05) is 18.2 Å². The van der Waals surface area contributed by atoms with E-state index in [1.165, 1.54) is 6.07 Å². The van der Waals surface area contributed by atoms with E-state index < -0.39 is 5.97 Å². The number of ether oxygens (including phenoxy) is 1. The molecule has 1 N–H and O–H groups in total. The fourth-order valence-corrected chi connectivity index (χ4v) is 1.81. The Kier molecular flexibility index (Phi) is 4.40. The number of esters is 1. The highest BCUT2D eigenvalue weighted by atomic mass is 32.2. The minimum Gasteiger partial charge on any atom is -0.461 e. The van der Waals surface area contributed by atoms with E-state index in [2.05, 4.69) is 10.4 Å². The summed E-state index contributed by atoms with van der Waals surface area (Å²) in [7, 11) is 0. The molecule has 0 aliphatic rings. The van der Waals surface area contributed by atoms with Crippen LogP contribution in [0.1, 0.15) is 17.4 Å². The summed E-state index contributed by atoms with van der Waals surface area (Å²) < 4.78 is 18.4. The summed E-state index contributed by atoms with van der Waals surface area (Å²) >= 11 is -0.154. The molecular weight excluding hydrogens is 269 g/mol. The summed E-state index contributed by atoms with van der Waals surface area (Å²) in [4.78, 5) is 11.6. The number of para-hydroxylation sites is 1. The topological polar surface area (TPSA) is 56.1 Å². The fraction of sp³-hybridized carbons (Fsp3) is 0.167. The first kappa shape index (κ1) is 13.4. The van der Waals surface area contributed by atoms with Gasteiger partial charge in [0.1, 0.15) is 0 Å². The second-order valence-electron chi connectivity index (χ2n) is 3.57. The third-order valence-electron chi connectivity index (χ3n) is 2.27. The first-order valence-electron chi connectivity index (χ1n) is 5.63. The quantitative estimate of drug-likeness (QED) is 0.853. The molecule has 0 saturated carbocycles. The molecule has 0 radical (unpaired) electrons. The van der Waals surface area contributed by atoms with Crippen LogP contribution in [0.5, 0.6) is 0 Å². The van der Waals surface area contributed by atoms with Gasteiger partial charge in [0.2, 0.25) is 0 Å². The lowest BCUT2D eigenvalue weighted by molar-refractivity contribution is 0.0517. The van der Waals surface area contributed by atoms with Crippen molar-refractivity contribution in [2.45, 2.75) is 6.92 Å². The van der Waals surface area contributed by atoms with Gasteiger partial charge < -0.3 is 10.1 Å². The maximum absolute atomic E-state index is 12.7. The van der Waals surface area contributed by atoms with E-state index in [0.717, 1.165) is 9.77 Å². The van der Waals surface area contributed by atoms with Crippen molar-refractivity contribution in [3.05, 3.63) is 42.1 Å². The Bertz CT molecular complexity index is 559. The van der Waals surface area contributed by atoms with E-state index in [4.69, 9.17) is 4.74 Å². The Labute approximate surface area is 114 Å². The van der Waals surface area contributed by atoms with Crippen molar-refractivity contribution >= 4 is 29.8 Å². The smallest absolute Gasteiger partial charge is 0.357 e. The van der Waals surface area contributed by atoms with Crippen LogP contribution in [0.3, 0.4) is 0 Å². The summed E-state index contributed by atoms with van der Waals surface area (Å²) in [6.07, 6.45) is 0. The number of nitrogens with zero attached hydrogens (tertiary/aromatic N) is 2. The Morgan fingerprint density at radius 3 is 2.84 bits per heavy atom. The molecule has 0 bridgehead atoms. The van der Waals surface area contributed by atoms with Gasteiger partial charge in [0.05, 0.1) is 6.61 Å². The zero-order chi connectivity index (χ0) is 13.7. The Morgan fingerprint density at radius 1 is 1.47 bits per heavy atom. The molecular formula is C12H12FN3O2S. The molecule has 1 aromatic heterocycles. The number of hydrogen-bond donors (Lipinski definition) is 1. The van der Waals surface area contributed by atoms with Crippen LogP contribution in [0, 0.1) is 0 Å². The van der Waals surface area contributed by atoms with Gasteiger partial charge in [-0.15, -0.1) is 8.98 Å². The lowest BCUT2D eigenvalue weighted by Crippen LogP contribution is -2.08. The van der Waals surface area contributed by atoms with Crippen molar-refractivity contribution in [1.82, 2.24) is 9.19 Å². The summed E-state index contributed by atoms with van der Waals surface area (Å²) in [5, 5.41) is 6.90. The molecule has 19 heavy (non-hydrogen) atoms. The minimum atomic E-state index is -0.610. The monoisotopic (exact) mass is 281 g/mol. The molecule has 0 aliphatic heterocycles. The molecule has 100 valence electrons. The number of aromatic nitrogens is 2. The molecule has 7 heteroatoms. The van der Waals surface area contributed by atoms with Crippen LogP contribution >= 0.6 is 12.3 Å². The molecule has 0 saturated heterocycles. The number of rotatable bonds is 5. The standard InChI is InChI=1S/C12H12FN3O2S/c1-2-18-12(17)10-8-11(15-16(10)19-13)14-9-6-4-3-5-7-9/h3-8H,2H2,1H3,(H,14,15). The third kappa shape index (κ3) is 3.25. The number of carbonyl (C=O) groups excluding carboxylic acids is 1. The van der Waals surface area contributed by atoms with Gasteiger partial charge >= 0.3 is 5.97 Å². The molecule has 0 amide bonds. The second kappa shape index (κ2) is 6.24. The van der Waals surface area contributed by atoms with Crippen molar-refractivity contribution in [3.8, 4) is 0 Å². The maximum atomic E-state index is 12.7. The Balaban J connectivity index is 2.21. The zero-order valence-electron chi connectivity index (χ0n) is 10.2. The number of carbonyl (C=O) groups is 1. The van der Waals surface area contributed by atoms with Crippen molar-refractivity contribution in [3.63, 3.8) is 0 Å². The summed E-state index contributed by atoms with van der Waals surface area (Å²) in [6.45, 7) is 1.91. The van der Waals surface area contributed by atoms with Gasteiger partial charge in [0, 0.05) is 11.8 Å². The normalized spacial score (nSPS) is 10.2. The zero-order valence-corrected chi connectivity index (χ0v) is 11.0. The number of nitrogens with one attached hydrogen (secondary N) is 1. The van der Waals surface area contributed by atoms with Crippen LogP contribution in [-0.2, 0) is 4.74 Å². The van der Waals surface area contributed by atoms with Crippen LogP contribution in [0.4, 0.5) is 15.4 Å². The maximum Gasteiger partial charge on any atom is 0.357 e. The average molecular weight is 281 g/mol. The molecule has 0 atom stereocenters. The molecule has 2 rings (SSSR count). The summed E-state index contributed by atoms with van der Waals surface area (Å²) in [6, 6.07) is 10.7. The molecule has 0 fully saturated rings. The number of anilines is 2. The number of hydrogen-bond acceptors (Lipinski definition) is 5.